The van der Waals surface area contributed by atoms with Crippen molar-refractivity contribution in [3.05, 3.63) is 103 Å². The van der Waals surface area contributed by atoms with Crippen LogP contribution in [0.4, 0.5) is 5.69 Å². The summed E-state index contributed by atoms with van der Waals surface area (Å²) in [6, 6.07) is 7.75. The maximum Gasteiger partial charge on any atom is 2.00 e. The molecule has 2 aliphatic rings. The van der Waals surface area contributed by atoms with Gasteiger partial charge in [0.2, 0.25) is 0 Å². The molecule has 0 amide bonds. The number of hydrogen-bond donors (Lipinski definition) is 1. The zero-order valence-electron chi connectivity index (χ0n) is 12.4. The topological polar surface area (TPSA) is 12.0 Å². The van der Waals surface area contributed by atoms with Gasteiger partial charge < -0.3 is 5.32 Å². The normalized spacial score (nSPS) is 18.1. The maximum atomic E-state index is 5.92. The molecular weight excluding hydrogens is 460 g/mol. The predicted octanol–water partition coefficient (Wildman–Crippen LogP) is 5.50. The Labute approximate surface area is 170 Å². The Bertz CT molecular complexity index is 461. The van der Waals surface area contributed by atoms with Crippen LogP contribution in [0.25, 0.3) is 0 Å². The monoisotopic (exact) mass is 477 g/mol. The van der Waals surface area contributed by atoms with Gasteiger partial charge in [-0.1, -0.05) is 23.7 Å². The van der Waals surface area contributed by atoms with Crippen LogP contribution in [-0.2, 0) is 17.1 Å². The van der Waals surface area contributed by atoms with E-state index in [1.54, 1.807) is 0 Å². The van der Waals surface area contributed by atoms with Crippen LogP contribution in [0.1, 0.15) is 0 Å². The van der Waals surface area contributed by atoms with Gasteiger partial charge in [0, 0.05) is 26.8 Å². The molecule has 3 rings (SSSR count). The quantitative estimate of drug-likeness (QED) is 0.446. The van der Waals surface area contributed by atoms with Gasteiger partial charge in [-0.15, -0.1) is 0 Å². The number of nitrogens with one attached hydrogen (secondary N) is 1. The number of rotatable bonds is 4. The van der Waals surface area contributed by atoms with Crippen LogP contribution in [0, 0.1) is 63.7 Å². The first kappa shape index (κ1) is 21.3. The molecule has 2 fully saturated rings. The third kappa shape index (κ3) is 9.38. The standard InChI is InChI=1S/C14H12ClIN.C5H5.Fe/c15-12-6-3-7-14(9-12)17-10-13(16)8-11-4-1-2-5-11;1-2-4-5-3-1;/h1-9,17H,10H2;1-5H;/q;;+2/b13-8-;;. The summed E-state index contributed by atoms with van der Waals surface area (Å²) in [5.41, 5.74) is 1.04. The molecule has 1 N–H and O–H groups in total. The van der Waals surface area contributed by atoms with Crippen LogP contribution in [0.15, 0.2) is 33.9 Å². The Morgan fingerprint density at radius 2 is 1.61 bits per heavy atom. The van der Waals surface area contributed by atoms with E-state index in [0.29, 0.717) is 0 Å². The van der Waals surface area contributed by atoms with Crippen molar-refractivity contribution < 1.29 is 17.1 Å². The van der Waals surface area contributed by atoms with E-state index in [9.17, 15) is 0 Å². The van der Waals surface area contributed by atoms with Crippen molar-refractivity contribution in [1.29, 1.82) is 0 Å². The van der Waals surface area contributed by atoms with Gasteiger partial charge in [-0.3, -0.25) is 0 Å². The fraction of sp³-hybridized carbons (Fsp3) is 0.0526. The number of benzene rings is 1. The van der Waals surface area contributed by atoms with Gasteiger partial charge >= 0.3 is 17.1 Å². The van der Waals surface area contributed by atoms with Crippen molar-refractivity contribution in [3.63, 3.8) is 0 Å². The van der Waals surface area contributed by atoms with Crippen molar-refractivity contribution in [2.75, 3.05) is 11.9 Å². The minimum Gasteiger partial charge on any atom is -0.380 e. The van der Waals surface area contributed by atoms with Gasteiger partial charge in [0.1, 0.15) is 0 Å². The molecule has 23 heavy (non-hydrogen) atoms. The second-order valence-electron chi connectivity index (χ2n) is 4.64. The average Bonchev–Trinajstić information content (AvgIpc) is 3.21. The molecule has 2 saturated carbocycles. The first-order chi connectivity index (χ1) is 10.7. The molecule has 0 atom stereocenters. The zero-order chi connectivity index (χ0) is 15.6. The molecule has 1 nitrogen and oxygen atoms in total. The van der Waals surface area contributed by atoms with E-state index < -0.39 is 0 Å². The number of halogens is 2. The largest absolute Gasteiger partial charge is 2.00 e. The van der Waals surface area contributed by atoms with Gasteiger partial charge in [-0.2, -0.15) is 0 Å². The van der Waals surface area contributed by atoms with Crippen molar-refractivity contribution in [1.82, 2.24) is 0 Å². The molecule has 0 heterocycles. The van der Waals surface area contributed by atoms with Gasteiger partial charge in [0.25, 0.3) is 0 Å². The van der Waals surface area contributed by atoms with Gasteiger partial charge in [-0.05, 0) is 98.6 Å². The molecule has 10 radical (unpaired) electrons. The van der Waals surface area contributed by atoms with Crippen molar-refractivity contribution in [3.8, 4) is 0 Å². The number of anilines is 1. The van der Waals surface area contributed by atoms with Crippen molar-refractivity contribution in [2.24, 2.45) is 0 Å². The molecule has 118 valence electrons. The number of allylic oxidation sites excluding steroid dienone is 1. The van der Waals surface area contributed by atoms with Crippen LogP contribution in [-0.4, -0.2) is 6.54 Å². The van der Waals surface area contributed by atoms with Crippen LogP contribution < -0.4 is 5.32 Å². The minimum atomic E-state index is 0. The molecule has 0 bridgehead atoms. The van der Waals surface area contributed by atoms with Gasteiger partial charge in [-0.25, -0.2) is 0 Å². The van der Waals surface area contributed by atoms with Crippen LogP contribution in [0.5, 0.6) is 0 Å². The Morgan fingerprint density at radius 1 is 1.00 bits per heavy atom. The fourth-order valence-electron chi connectivity index (χ4n) is 1.82. The maximum absolute atomic E-state index is 5.92. The minimum absolute atomic E-state index is 0. The molecule has 0 saturated heterocycles. The van der Waals surface area contributed by atoms with E-state index in [4.69, 9.17) is 11.6 Å². The Morgan fingerprint density at radius 3 is 2.17 bits per heavy atom. The Balaban J connectivity index is 0.000000377. The Kier molecular flexibility index (Phi) is 11.7. The molecule has 0 aromatic heterocycles. The summed E-state index contributed by atoms with van der Waals surface area (Å²) in [5, 5.41) is 4.09. The van der Waals surface area contributed by atoms with Crippen molar-refractivity contribution >= 4 is 39.9 Å². The van der Waals surface area contributed by atoms with Crippen LogP contribution in [0.2, 0.25) is 5.02 Å². The molecule has 1 aromatic carbocycles. The molecule has 1 aromatic rings. The average molecular weight is 478 g/mol. The van der Waals surface area contributed by atoms with E-state index >= 15 is 0 Å². The second kappa shape index (κ2) is 12.6. The van der Waals surface area contributed by atoms with E-state index in [-0.39, 0.29) is 17.1 Å². The molecule has 0 aliphatic heterocycles. The van der Waals surface area contributed by atoms with E-state index in [1.807, 2.05) is 69.2 Å². The third-order valence-electron chi connectivity index (χ3n) is 2.85. The molecule has 2 aliphatic carbocycles. The summed E-state index contributed by atoms with van der Waals surface area (Å²) in [6.07, 6.45) is 20.4. The predicted molar refractivity (Wildman–Crippen MR) is 104 cm³/mol. The summed E-state index contributed by atoms with van der Waals surface area (Å²) >= 11 is 8.26. The van der Waals surface area contributed by atoms with Crippen LogP contribution in [0.3, 0.4) is 0 Å². The first-order valence-electron chi connectivity index (χ1n) is 6.98. The third-order valence-corrected chi connectivity index (χ3v) is 3.78. The zero-order valence-corrected chi connectivity index (χ0v) is 16.4. The van der Waals surface area contributed by atoms with Gasteiger partial charge in [0.05, 0.1) is 0 Å². The van der Waals surface area contributed by atoms with E-state index in [0.717, 1.165) is 17.3 Å². The summed E-state index contributed by atoms with van der Waals surface area (Å²) in [4.78, 5) is 0. The van der Waals surface area contributed by atoms with E-state index in [1.165, 1.54) is 9.50 Å². The summed E-state index contributed by atoms with van der Waals surface area (Å²) in [5.74, 6) is 1.24. The first-order valence-corrected chi connectivity index (χ1v) is 8.43. The second-order valence-corrected chi connectivity index (χ2v) is 6.46. The Hall–Kier alpha value is 0.299. The van der Waals surface area contributed by atoms with E-state index in [2.05, 4.69) is 46.8 Å². The molecule has 0 spiro atoms. The summed E-state index contributed by atoms with van der Waals surface area (Å²) in [6.45, 7) is 0.812. The smallest absolute Gasteiger partial charge is 0.380 e. The molecule has 4 heteroatoms. The SMILES string of the molecule is Clc1cccc(NC/C(I)=C/[C]2[CH][CH][CH][CH]2)c1.[CH]1[CH][CH][CH][CH]1.[Fe+2]. The van der Waals surface area contributed by atoms with Crippen LogP contribution >= 0.6 is 34.2 Å². The summed E-state index contributed by atoms with van der Waals surface area (Å²) < 4.78 is 1.26. The molecule has 0 unspecified atom stereocenters. The fourth-order valence-corrected chi connectivity index (χ4v) is 2.56. The van der Waals surface area contributed by atoms with Gasteiger partial charge in [0.15, 0.2) is 0 Å². The molecular formula is C19H17ClFeIN+2. The summed E-state index contributed by atoms with van der Waals surface area (Å²) in [7, 11) is 0. The van der Waals surface area contributed by atoms with Crippen molar-refractivity contribution in [2.45, 2.75) is 0 Å². The number of hydrogen-bond acceptors (Lipinski definition) is 1.